The molecule has 1 aliphatic rings. The second-order valence-corrected chi connectivity index (χ2v) is 5.48. The fourth-order valence-corrected chi connectivity index (χ4v) is 1.79. The van der Waals surface area contributed by atoms with Crippen LogP contribution in [-0.4, -0.2) is 53.5 Å². The summed E-state index contributed by atoms with van der Waals surface area (Å²) in [4.78, 5) is 27.0. The Balaban J connectivity index is 2.49. The van der Waals surface area contributed by atoms with Crippen molar-refractivity contribution in [3.05, 3.63) is 0 Å². The lowest BCUT2D eigenvalue weighted by Crippen LogP contribution is -2.57. The third-order valence-corrected chi connectivity index (χ3v) is 2.58. The van der Waals surface area contributed by atoms with Gasteiger partial charge in [-0.1, -0.05) is 6.92 Å². The lowest BCUT2D eigenvalue weighted by Gasteiger charge is -2.35. The molecule has 1 N–H and O–H groups in total. The summed E-state index contributed by atoms with van der Waals surface area (Å²) in [6, 6.07) is -0.151. The number of rotatable bonds is 2. The molecule has 0 aromatic carbocycles. The average Bonchev–Trinajstić information content (AvgIpc) is 2.18. The Morgan fingerprint density at radius 3 is 2.47 bits per heavy atom. The number of urea groups is 1. The Labute approximate surface area is 103 Å². The van der Waals surface area contributed by atoms with Crippen LogP contribution in [0, 0.1) is 0 Å². The van der Waals surface area contributed by atoms with Crippen LogP contribution in [-0.2, 0) is 4.79 Å². The van der Waals surface area contributed by atoms with Gasteiger partial charge in [0.25, 0.3) is 0 Å². The highest BCUT2D eigenvalue weighted by atomic mass is 16.2. The Bertz CT molecular complexity index is 297. The van der Waals surface area contributed by atoms with Crippen LogP contribution in [0.25, 0.3) is 0 Å². The molecule has 98 valence electrons. The van der Waals surface area contributed by atoms with Gasteiger partial charge in [-0.25, -0.2) is 4.79 Å². The topological polar surface area (TPSA) is 52.6 Å². The molecule has 0 radical (unpaired) electrons. The highest BCUT2D eigenvalue weighted by Gasteiger charge is 2.28. The van der Waals surface area contributed by atoms with E-state index in [4.69, 9.17) is 0 Å². The van der Waals surface area contributed by atoms with E-state index < -0.39 is 0 Å². The van der Waals surface area contributed by atoms with Crippen LogP contribution < -0.4 is 5.32 Å². The monoisotopic (exact) mass is 241 g/mol. The molecule has 1 aliphatic heterocycles. The van der Waals surface area contributed by atoms with Crippen molar-refractivity contribution in [2.75, 3.05) is 26.2 Å². The lowest BCUT2D eigenvalue weighted by atomic mass is 10.1. The smallest absolute Gasteiger partial charge is 0.318 e. The predicted octanol–water partition coefficient (Wildman–Crippen LogP) is 1.05. The zero-order chi connectivity index (χ0) is 13.1. The van der Waals surface area contributed by atoms with E-state index in [0.717, 1.165) is 13.0 Å². The maximum absolute atomic E-state index is 11.9. The van der Waals surface area contributed by atoms with Crippen LogP contribution >= 0.6 is 0 Å². The summed E-state index contributed by atoms with van der Waals surface area (Å²) in [6.07, 6.45) is 0.958. The second kappa shape index (κ2) is 5.38. The first kappa shape index (κ1) is 13.8. The molecule has 1 heterocycles. The molecular formula is C12H23N3O2. The number of nitrogens with one attached hydrogen (secondary N) is 1. The van der Waals surface area contributed by atoms with Gasteiger partial charge in [0.15, 0.2) is 0 Å². The van der Waals surface area contributed by atoms with E-state index in [1.807, 2.05) is 32.6 Å². The van der Waals surface area contributed by atoms with Gasteiger partial charge in [-0.05, 0) is 27.2 Å². The number of hydrogen-bond acceptors (Lipinski definition) is 2. The van der Waals surface area contributed by atoms with Crippen molar-refractivity contribution in [3.8, 4) is 0 Å². The fraction of sp³-hybridized carbons (Fsp3) is 0.833. The summed E-state index contributed by atoms with van der Waals surface area (Å²) >= 11 is 0. The summed E-state index contributed by atoms with van der Waals surface area (Å²) in [7, 11) is 0. The van der Waals surface area contributed by atoms with E-state index in [-0.39, 0.29) is 24.0 Å². The summed E-state index contributed by atoms with van der Waals surface area (Å²) in [5.74, 6) is 0.0437. The minimum atomic E-state index is -0.263. The van der Waals surface area contributed by atoms with Gasteiger partial charge in [-0.3, -0.25) is 4.79 Å². The number of piperazine rings is 1. The molecule has 0 aromatic heterocycles. The van der Waals surface area contributed by atoms with Gasteiger partial charge in [0.2, 0.25) is 5.91 Å². The maximum Gasteiger partial charge on any atom is 0.318 e. The van der Waals surface area contributed by atoms with Crippen LogP contribution in [0.5, 0.6) is 0 Å². The third-order valence-electron chi connectivity index (χ3n) is 2.58. The summed E-state index contributed by atoms with van der Waals surface area (Å²) in [5.41, 5.74) is -0.263. The second-order valence-electron chi connectivity index (χ2n) is 5.48. The molecule has 0 spiro atoms. The largest absolute Gasteiger partial charge is 0.339 e. The van der Waals surface area contributed by atoms with E-state index in [1.165, 1.54) is 0 Å². The molecule has 0 aliphatic carbocycles. The first-order chi connectivity index (χ1) is 7.83. The molecule has 5 nitrogen and oxygen atoms in total. The van der Waals surface area contributed by atoms with Gasteiger partial charge in [0, 0.05) is 25.2 Å². The average molecular weight is 241 g/mol. The molecule has 1 saturated heterocycles. The molecule has 1 fully saturated rings. The first-order valence-corrected chi connectivity index (χ1v) is 6.18. The van der Waals surface area contributed by atoms with Gasteiger partial charge < -0.3 is 15.1 Å². The van der Waals surface area contributed by atoms with Crippen LogP contribution in [0.3, 0.4) is 0 Å². The van der Waals surface area contributed by atoms with E-state index in [2.05, 4.69) is 5.32 Å². The summed E-state index contributed by atoms with van der Waals surface area (Å²) in [5, 5.41) is 2.87. The molecule has 1 rings (SSSR count). The molecule has 0 bridgehead atoms. The minimum absolute atomic E-state index is 0.0437. The zero-order valence-corrected chi connectivity index (χ0v) is 11.2. The lowest BCUT2D eigenvalue weighted by molar-refractivity contribution is -0.134. The van der Waals surface area contributed by atoms with E-state index in [0.29, 0.717) is 13.1 Å². The standard InChI is InChI=1S/C12H23N3O2/c1-5-6-14-7-8-15(9-10(14)16)11(17)13-12(2,3)4/h5-9H2,1-4H3,(H,13,17). The van der Waals surface area contributed by atoms with Gasteiger partial charge in [0.1, 0.15) is 6.54 Å². The number of carbonyl (C=O) groups is 2. The van der Waals surface area contributed by atoms with E-state index >= 15 is 0 Å². The summed E-state index contributed by atoms with van der Waals surface area (Å²) < 4.78 is 0. The van der Waals surface area contributed by atoms with Crippen molar-refractivity contribution in [2.24, 2.45) is 0 Å². The SMILES string of the molecule is CCCN1CCN(C(=O)NC(C)(C)C)CC1=O. The highest BCUT2D eigenvalue weighted by molar-refractivity contribution is 5.85. The van der Waals surface area contributed by atoms with Crippen molar-refractivity contribution in [1.82, 2.24) is 15.1 Å². The van der Waals surface area contributed by atoms with E-state index in [1.54, 1.807) is 4.90 Å². The Hall–Kier alpha value is -1.26. The number of hydrogen-bond donors (Lipinski definition) is 1. The quantitative estimate of drug-likeness (QED) is 0.785. The van der Waals surface area contributed by atoms with Gasteiger partial charge in [0.05, 0.1) is 0 Å². The van der Waals surface area contributed by atoms with Crippen LogP contribution in [0.2, 0.25) is 0 Å². The third kappa shape index (κ3) is 4.24. The van der Waals surface area contributed by atoms with Crippen molar-refractivity contribution in [2.45, 2.75) is 39.7 Å². The molecule has 5 heteroatoms. The highest BCUT2D eigenvalue weighted by Crippen LogP contribution is 2.07. The Kier molecular flexibility index (Phi) is 4.37. The van der Waals surface area contributed by atoms with Crippen LogP contribution in [0.15, 0.2) is 0 Å². The van der Waals surface area contributed by atoms with Crippen molar-refractivity contribution >= 4 is 11.9 Å². The minimum Gasteiger partial charge on any atom is -0.339 e. The van der Waals surface area contributed by atoms with Crippen molar-refractivity contribution < 1.29 is 9.59 Å². The molecule has 0 atom stereocenters. The first-order valence-electron chi connectivity index (χ1n) is 6.18. The molecular weight excluding hydrogens is 218 g/mol. The maximum atomic E-state index is 11.9. The summed E-state index contributed by atoms with van der Waals surface area (Å²) in [6.45, 7) is 10.1. The van der Waals surface area contributed by atoms with Gasteiger partial charge >= 0.3 is 6.03 Å². The van der Waals surface area contributed by atoms with Crippen molar-refractivity contribution in [1.29, 1.82) is 0 Å². The molecule has 0 aromatic rings. The van der Waals surface area contributed by atoms with Crippen LogP contribution in [0.1, 0.15) is 34.1 Å². The van der Waals surface area contributed by atoms with Crippen molar-refractivity contribution in [3.63, 3.8) is 0 Å². The molecule has 17 heavy (non-hydrogen) atoms. The molecule has 3 amide bonds. The molecule has 0 unspecified atom stereocenters. The molecule has 0 saturated carbocycles. The van der Waals surface area contributed by atoms with E-state index in [9.17, 15) is 9.59 Å². The van der Waals surface area contributed by atoms with Gasteiger partial charge in [-0.15, -0.1) is 0 Å². The van der Waals surface area contributed by atoms with Gasteiger partial charge in [-0.2, -0.15) is 0 Å². The fourth-order valence-electron chi connectivity index (χ4n) is 1.79. The predicted molar refractivity (Wildman–Crippen MR) is 66.7 cm³/mol. The number of nitrogens with zero attached hydrogens (tertiary/aromatic N) is 2. The zero-order valence-electron chi connectivity index (χ0n) is 11.2. The normalized spacial score (nSPS) is 17.3. The Morgan fingerprint density at radius 1 is 1.35 bits per heavy atom. The Morgan fingerprint density at radius 2 is 2.00 bits per heavy atom. The van der Waals surface area contributed by atoms with Crippen LogP contribution in [0.4, 0.5) is 4.79 Å². The number of amides is 3. The number of carbonyl (C=O) groups excluding carboxylic acids is 2.